The zero-order valence-electron chi connectivity index (χ0n) is 18.7. The first kappa shape index (κ1) is 22.5. The van der Waals surface area contributed by atoms with E-state index in [2.05, 4.69) is 12.1 Å². The quantitative estimate of drug-likeness (QED) is 0.497. The topological polar surface area (TPSA) is 40.5 Å². The number of aromatic hydroxyl groups is 1. The fourth-order valence-corrected chi connectivity index (χ4v) is 7.20. The van der Waals surface area contributed by atoms with Crippen LogP contribution in [0, 0.1) is 17.8 Å². The lowest BCUT2D eigenvalue weighted by atomic mass is 9.48. The van der Waals surface area contributed by atoms with Crippen molar-refractivity contribution in [1.29, 1.82) is 0 Å². The summed E-state index contributed by atoms with van der Waals surface area (Å²) in [6, 6.07) is 11.1. The van der Waals surface area contributed by atoms with Crippen molar-refractivity contribution in [2.45, 2.75) is 63.0 Å². The van der Waals surface area contributed by atoms with E-state index in [1.807, 2.05) is 6.07 Å². The number of allylic oxidation sites excluding steroid dienone is 1. The Bertz CT molecular complexity index is 1020. The van der Waals surface area contributed by atoms with Crippen molar-refractivity contribution in [2.75, 3.05) is 6.61 Å². The molecule has 5 heteroatoms. The van der Waals surface area contributed by atoms with Gasteiger partial charge >= 0.3 is 6.18 Å². The molecular formula is C28H31F3O2. The molecule has 0 saturated heterocycles. The number of benzene rings is 2. The largest absolute Gasteiger partial charge is 0.508 e. The van der Waals surface area contributed by atoms with Crippen molar-refractivity contribution in [1.82, 2.24) is 0 Å². The Morgan fingerprint density at radius 3 is 2.21 bits per heavy atom. The molecule has 0 aromatic heterocycles. The molecule has 0 unspecified atom stereocenters. The molecule has 2 aromatic rings. The molecule has 4 fully saturated rings. The third kappa shape index (κ3) is 4.44. The summed E-state index contributed by atoms with van der Waals surface area (Å²) in [7, 11) is 0. The lowest BCUT2D eigenvalue weighted by molar-refractivity contribution is -0.137. The summed E-state index contributed by atoms with van der Waals surface area (Å²) < 4.78 is 39.0. The van der Waals surface area contributed by atoms with Gasteiger partial charge in [0.05, 0.1) is 12.2 Å². The van der Waals surface area contributed by atoms with E-state index in [1.54, 1.807) is 12.1 Å². The van der Waals surface area contributed by atoms with E-state index in [4.69, 9.17) is 0 Å². The molecule has 4 bridgehead atoms. The van der Waals surface area contributed by atoms with Crippen LogP contribution >= 0.6 is 0 Å². The van der Waals surface area contributed by atoms with E-state index in [9.17, 15) is 23.4 Å². The third-order valence-corrected chi connectivity index (χ3v) is 8.23. The summed E-state index contributed by atoms with van der Waals surface area (Å²) in [5.74, 6) is 2.83. The number of phenols is 1. The molecule has 6 rings (SSSR count). The number of aliphatic hydroxyl groups excluding tert-OH is 1. The third-order valence-electron chi connectivity index (χ3n) is 8.23. The molecule has 176 valence electrons. The van der Waals surface area contributed by atoms with Gasteiger partial charge in [-0.1, -0.05) is 30.3 Å². The van der Waals surface area contributed by atoms with Crippen LogP contribution in [0.15, 0.2) is 48.5 Å². The fourth-order valence-electron chi connectivity index (χ4n) is 7.20. The van der Waals surface area contributed by atoms with Gasteiger partial charge in [0.15, 0.2) is 0 Å². The zero-order valence-corrected chi connectivity index (χ0v) is 18.7. The molecule has 0 atom stereocenters. The van der Waals surface area contributed by atoms with Crippen LogP contribution in [-0.4, -0.2) is 16.8 Å². The van der Waals surface area contributed by atoms with Crippen molar-refractivity contribution in [3.63, 3.8) is 0 Å². The minimum absolute atomic E-state index is 0.144. The molecule has 0 aliphatic heterocycles. The molecule has 4 aliphatic rings. The van der Waals surface area contributed by atoms with Crippen LogP contribution in [0.5, 0.6) is 5.75 Å². The molecule has 0 spiro atoms. The van der Waals surface area contributed by atoms with E-state index >= 15 is 0 Å². The molecule has 2 nitrogen and oxygen atoms in total. The normalized spacial score (nSPS) is 29.0. The monoisotopic (exact) mass is 456 g/mol. The van der Waals surface area contributed by atoms with Crippen molar-refractivity contribution in [2.24, 2.45) is 17.8 Å². The van der Waals surface area contributed by atoms with Gasteiger partial charge in [0.1, 0.15) is 5.75 Å². The van der Waals surface area contributed by atoms with Gasteiger partial charge in [0, 0.05) is 5.56 Å². The average Bonchev–Trinajstić information content (AvgIpc) is 2.75. The number of aryl methyl sites for hydroxylation is 1. The molecule has 4 aliphatic carbocycles. The van der Waals surface area contributed by atoms with Crippen LogP contribution in [0.3, 0.4) is 0 Å². The molecule has 33 heavy (non-hydrogen) atoms. The number of hydrogen-bond acceptors (Lipinski definition) is 2. The van der Waals surface area contributed by atoms with Gasteiger partial charge in [-0.05, 0) is 109 Å². The van der Waals surface area contributed by atoms with Crippen LogP contribution in [0.1, 0.15) is 67.2 Å². The highest BCUT2D eigenvalue weighted by atomic mass is 19.4. The molecule has 0 radical (unpaired) electrons. The van der Waals surface area contributed by atoms with Crippen LogP contribution in [-0.2, 0) is 18.0 Å². The van der Waals surface area contributed by atoms with E-state index in [-0.39, 0.29) is 12.0 Å². The highest BCUT2D eigenvalue weighted by molar-refractivity contribution is 5.66. The van der Waals surface area contributed by atoms with Crippen molar-refractivity contribution < 1.29 is 23.4 Å². The zero-order chi connectivity index (χ0) is 23.2. The Balaban J connectivity index is 1.29. The number of rotatable bonds is 6. The highest BCUT2D eigenvalue weighted by Gasteiger charge is 2.52. The number of halogens is 3. The van der Waals surface area contributed by atoms with Gasteiger partial charge in [-0.15, -0.1) is 0 Å². The van der Waals surface area contributed by atoms with Crippen LogP contribution < -0.4 is 0 Å². The van der Waals surface area contributed by atoms with Crippen LogP contribution in [0.2, 0.25) is 0 Å². The van der Waals surface area contributed by atoms with Gasteiger partial charge in [-0.2, -0.15) is 13.2 Å². The molecule has 4 saturated carbocycles. The van der Waals surface area contributed by atoms with Crippen LogP contribution in [0.25, 0.3) is 5.57 Å². The predicted octanol–water partition coefficient (Wildman–Crippen LogP) is 6.89. The predicted molar refractivity (Wildman–Crippen MR) is 123 cm³/mol. The van der Waals surface area contributed by atoms with E-state index in [0.29, 0.717) is 29.7 Å². The van der Waals surface area contributed by atoms with E-state index in [1.165, 1.54) is 44.6 Å². The van der Waals surface area contributed by atoms with Crippen molar-refractivity contribution in [3.05, 3.63) is 70.8 Å². The van der Waals surface area contributed by atoms with E-state index in [0.717, 1.165) is 41.0 Å². The maximum Gasteiger partial charge on any atom is 0.416 e. The first-order chi connectivity index (χ1) is 15.8. The van der Waals surface area contributed by atoms with E-state index < -0.39 is 11.7 Å². The summed E-state index contributed by atoms with van der Waals surface area (Å²) in [5.41, 5.74) is 2.40. The van der Waals surface area contributed by atoms with Gasteiger partial charge in [0.2, 0.25) is 0 Å². The number of phenolic OH excluding ortho intramolecular Hbond substituents is 1. The molecule has 0 amide bonds. The lowest BCUT2D eigenvalue weighted by Gasteiger charge is -2.57. The molecular weight excluding hydrogens is 425 g/mol. The summed E-state index contributed by atoms with van der Waals surface area (Å²) in [6.07, 6.45) is 6.30. The minimum Gasteiger partial charge on any atom is -0.508 e. The van der Waals surface area contributed by atoms with Gasteiger partial charge < -0.3 is 10.2 Å². The first-order valence-electron chi connectivity index (χ1n) is 12.1. The van der Waals surface area contributed by atoms with Gasteiger partial charge in [-0.3, -0.25) is 0 Å². The van der Waals surface area contributed by atoms with Crippen LogP contribution in [0.4, 0.5) is 13.2 Å². The molecule has 2 N–H and O–H groups in total. The lowest BCUT2D eigenvalue weighted by Crippen LogP contribution is -2.48. The maximum absolute atomic E-state index is 13.0. The summed E-state index contributed by atoms with van der Waals surface area (Å²) in [6.45, 7) is -0.322. The number of hydrogen-bond donors (Lipinski definition) is 2. The van der Waals surface area contributed by atoms with Crippen molar-refractivity contribution >= 4 is 5.57 Å². The summed E-state index contributed by atoms with van der Waals surface area (Å²) in [4.78, 5) is 0. The smallest absolute Gasteiger partial charge is 0.416 e. The Hall–Kier alpha value is -2.27. The summed E-state index contributed by atoms with van der Waals surface area (Å²) in [5, 5.41) is 20.6. The SMILES string of the molecule is OC/C(=C\CCc1ccc(C23CC4CC(CC(C4)C2)C3)c(O)c1)c1cccc(C(F)(F)F)c1. The fraction of sp³-hybridized carbons (Fsp3) is 0.500. The molecule has 2 aromatic carbocycles. The Kier molecular flexibility index (Phi) is 5.80. The van der Waals surface area contributed by atoms with Gasteiger partial charge in [-0.25, -0.2) is 0 Å². The summed E-state index contributed by atoms with van der Waals surface area (Å²) >= 11 is 0. The maximum atomic E-state index is 13.0. The van der Waals surface area contributed by atoms with Crippen molar-refractivity contribution in [3.8, 4) is 5.75 Å². The Morgan fingerprint density at radius 2 is 1.64 bits per heavy atom. The molecule has 0 heterocycles. The second kappa shape index (κ2) is 8.50. The number of alkyl halides is 3. The Labute approximate surface area is 193 Å². The second-order valence-corrected chi connectivity index (χ2v) is 10.6. The Morgan fingerprint density at radius 1 is 0.970 bits per heavy atom. The second-order valence-electron chi connectivity index (χ2n) is 10.6. The standard InChI is InChI=1S/C28H31F3O2/c29-28(30,31)24-6-2-4-22(13-24)23(17-32)5-1-3-18-7-8-25(26(33)12-18)27-14-19-9-20(15-27)11-21(10-19)16-27/h2,4-8,12-13,19-21,32-33H,1,3,9-11,14-17H2/b23-5+. The first-order valence-corrected chi connectivity index (χ1v) is 12.1. The highest BCUT2D eigenvalue weighted by Crippen LogP contribution is 2.61. The van der Waals surface area contributed by atoms with Gasteiger partial charge in [0.25, 0.3) is 0 Å². The average molecular weight is 457 g/mol. The minimum atomic E-state index is -4.41. The number of aliphatic hydroxyl groups is 1.